The average molecular weight is 281 g/mol. The van der Waals surface area contributed by atoms with Crippen molar-refractivity contribution in [2.45, 2.75) is 117 Å². The Labute approximate surface area is 129 Å². The zero-order valence-corrected chi connectivity index (χ0v) is 14.5. The molecule has 0 heteroatoms. The van der Waals surface area contributed by atoms with Gasteiger partial charge in [0.2, 0.25) is 0 Å². The molecule has 0 unspecified atom stereocenters. The average Bonchev–Trinajstić information content (AvgIpc) is 2.47. The van der Waals surface area contributed by atoms with E-state index in [-0.39, 0.29) is 0 Å². The lowest BCUT2D eigenvalue weighted by atomic mass is 10.1. The topological polar surface area (TPSA) is 0 Å². The van der Waals surface area contributed by atoms with E-state index in [4.69, 9.17) is 0 Å². The largest absolute Gasteiger partial charge is 0.0885 e. The Kier molecular flexibility index (Phi) is 18.5. The molecular formula is C20H40. The van der Waals surface area contributed by atoms with Gasteiger partial charge in [0.25, 0.3) is 0 Å². The molecule has 120 valence electrons. The van der Waals surface area contributed by atoms with Gasteiger partial charge in [0.1, 0.15) is 0 Å². The van der Waals surface area contributed by atoms with Gasteiger partial charge < -0.3 is 0 Å². The molecule has 0 saturated carbocycles. The Morgan fingerprint density at radius 1 is 0.400 bits per heavy atom. The van der Waals surface area contributed by atoms with Gasteiger partial charge in [-0.15, -0.1) is 0 Å². The molecule has 0 aliphatic heterocycles. The summed E-state index contributed by atoms with van der Waals surface area (Å²) in [6.07, 6.45) is 27.4. The molecule has 20 heavy (non-hydrogen) atoms. The molecule has 0 aliphatic rings. The number of allylic oxidation sites excluding steroid dienone is 2. The van der Waals surface area contributed by atoms with Crippen LogP contribution in [0, 0.1) is 0 Å². The van der Waals surface area contributed by atoms with Crippen LogP contribution in [-0.2, 0) is 0 Å². The van der Waals surface area contributed by atoms with Gasteiger partial charge in [0, 0.05) is 0 Å². The third kappa shape index (κ3) is 17.7. The maximum Gasteiger partial charge on any atom is -0.0351 e. The molecule has 0 aromatic heterocycles. The predicted octanol–water partition coefficient (Wildman–Crippen LogP) is 7.82. The quantitative estimate of drug-likeness (QED) is 0.200. The Morgan fingerprint density at radius 2 is 0.700 bits per heavy atom. The highest BCUT2D eigenvalue weighted by Gasteiger charge is 1.92. The minimum Gasteiger partial charge on any atom is -0.0885 e. The van der Waals surface area contributed by atoms with Gasteiger partial charge in [-0.2, -0.15) is 0 Å². The van der Waals surface area contributed by atoms with Crippen molar-refractivity contribution >= 4 is 0 Å². The summed E-state index contributed by atoms with van der Waals surface area (Å²) >= 11 is 0. The van der Waals surface area contributed by atoms with E-state index < -0.39 is 0 Å². The van der Waals surface area contributed by atoms with E-state index in [1.807, 2.05) is 0 Å². The smallest absolute Gasteiger partial charge is 0.0351 e. The van der Waals surface area contributed by atoms with Crippen LogP contribution >= 0.6 is 0 Å². The summed E-state index contributed by atoms with van der Waals surface area (Å²) in [5.74, 6) is 0. The van der Waals surface area contributed by atoms with Crippen LogP contribution < -0.4 is 0 Å². The van der Waals surface area contributed by atoms with Crippen LogP contribution in [-0.4, -0.2) is 0 Å². The van der Waals surface area contributed by atoms with Crippen molar-refractivity contribution in [2.75, 3.05) is 0 Å². The molecule has 0 atom stereocenters. The zero-order valence-electron chi connectivity index (χ0n) is 14.5. The van der Waals surface area contributed by atoms with E-state index in [0.29, 0.717) is 0 Å². The van der Waals surface area contributed by atoms with Crippen molar-refractivity contribution in [3.63, 3.8) is 0 Å². The second kappa shape index (κ2) is 18.7. The van der Waals surface area contributed by atoms with Gasteiger partial charge in [-0.1, -0.05) is 103 Å². The molecule has 0 saturated heterocycles. The summed E-state index contributed by atoms with van der Waals surface area (Å²) in [6, 6.07) is 0. The summed E-state index contributed by atoms with van der Waals surface area (Å²) in [5, 5.41) is 0. The first-order valence-electron chi connectivity index (χ1n) is 9.56. The fraction of sp³-hybridized carbons (Fsp3) is 0.900. The van der Waals surface area contributed by atoms with Crippen molar-refractivity contribution in [3.8, 4) is 0 Å². The summed E-state index contributed by atoms with van der Waals surface area (Å²) < 4.78 is 0. The molecule has 0 radical (unpaired) electrons. The fourth-order valence-corrected chi connectivity index (χ4v) is 2.67. The van der Waals surface area contributed by atoms with Crippen LogP contribution in [0.3, 0.4) is 0 Å². The van der Waals surface area contributed by atoms with Crippen molar-refractivity contribution in [1.29, 1.82) is 0 Å². The van der Waals surface area contributed by atoms with Gasteiger partial charge in [-0.05, 0) is 25.7 Å². The minimum absolute atomic E-state index is 1.30. The third-order valence-electron chi connectivity index (χ3n) is 4.12. The van der Waals surface area contributed by atoms with Crippen LogP contribution in [0.2, 0.25) is 0 Å². The normalized spacial score (nSPS) is 11.5. The lowest BCUT2D eigenvalue weighted by molar-refractivity contribution is 0.557. The molecule has 0 aromatic carbocycles. The second-order valence-corrected chi connectivity index (χ2v) is 6.29. The molecule has 0 bridgehead atoms. The highest BCUT2D eigenvalue weighted by atomic mass is 14.0. The molecule has 0 rings (SSSR count). The number of rotatable bonds is 16. The molecule has 0 fully saturated rings. The minimum atomic E-state index is 1.30. The lowest BCUT2D eigenvalue weighted by Gasteiger charge is -2.01. The van der Waals surface area contributed by atoms with Crippen molar-refractivity contribution < 1.29 is 0 Å². The van der Waals surface area contributed by atoms with Crippen LogP contribution in [0.4, 0.5) is 0 Å². The monoisotopic (exact) mass is 280 g/mol. The highest BCUT2D eigenvalue weighted by Crippen LogP contribution is 2.11. The summed E-state index contributed by atoms with van der Waals surface area (Å²) in [5.41, 5.74) is 0. The van der Waals surface area contributed by atoms with Gasteiger partial charge in [0.05, 0.1) is 0 Å². The molecule has 0 heterocycles. The molecule has 0 aromatic rings. The van der Waals surface area contributed by atoms with Crippen LogP contribution in [0.25, 0.3) is 0 Å². The van der Waals surface area contributed by atoms with E-state index in [1.165, 1.54) is 103 Å². The van der Waals surface area contributed by atoms with Gasteiger partial charge in [-0.25, -0.2) is 0 Å². The first-order valence-corrected chi connectivity index (χ1v) is 9.56. The van der Waals surface area contributed by atoms with E-state index in [0.717, 1.165) is 0 Å². The van der Waals surface area contributed by atoms with Crippen LogP contribution in [0.1, 0.15) is 117 Å². The number of hydrogen-bond donors (Lipinski definition) is 0. The summed E-state index contributed by atoms with van der Waals surface area (Å²) in [7, 11) is 0. The number of unbranched alkanes of at least 4 members (excludes halogenated alkanes) is 14. The lowest BCUT2D eigenvalue weighted by Crippen LogP contribution is -1.81. The molecule has 0 amide bonds. The second-order valence-electron chi connectivity index (χ2n) is 6.29. The molecule has 0 spiro atoms. The molecule has 0 aliphatic carbocycles. The highest BCUT2D eigenvalue weighted by molar-refractivity contribution is 4.81. The fourth-order valence-electron chi connectivity index (χ4n) is 2.67. The van der Waals surface area contributed by atoms with Gasteiger partial charge in [-0.3, -0.25) is 0 Å². The van der Waals surface area contributed by atoms with Crippen molar-refractivity contribution in [2.24, 2.45) is 0 Å². The predicted molar refractivity (Wildman–Crippen MR) is 94.4 cm³/mol. The summed E-state index contributed by atoms with van der Waals surface area (Å²) in [6.45, 7) is 4.57. The molecular weight excluding hydrogens is 240 g/mol. The Balaban J connectivity index is 3.00. The van der Waals surface area contributed by atoms with E-state index in [2.05, 4.69) is 26.0 Å². The number of hydrogen-bond acceptors (Lipinski definition) is 0. The van der Waals surface area contributed by atoms with Crippen LogP contribution in [0.15, 0.2) is 12.2 Å². The Morgan fingerprint density at radius 3 is 1.10 bits per heavy atom. The first-order chi connectivity index (χ1) is 9.91. The van der Waals surface area contributed by atoms with E-state index in [1.54, 1.807) is 0 Å². The van der Waals surface area contributed by atoms with Crippen LogP contribution in [0.5, 0.6) is 0 Å². The summed E-state index contributed by atoms with van der Waals surface area (Å²) in [4.78, 5) is 0. The van der Waals surface area contributed by atoms with E-state index in [9.17, 15) is 0 Å². The SMILES string of the molecule is CCCCCCC=CCCCCCCCCCCCC. The Hall–Kier alpha value is -0.260. The van der Waals surface area contributed by atoms with E-state index >= 15 is 0 Å². The van der Waals surface area contributed by atoms with Gasteiger partial charge in [0.15, 0.2) is 0 Å². The standard InChI is InChI=1S/C20H40/c1-3-5-7-9-11-13-15-17-19-20-18-16-14-12-10-8-6-4-2/h13,15H,3-12,14,16-20H2,1-2H3. The Bertz CT molecular complexity index is 180. The maximum atomic E-state index is 2.41. The van der Waals surface area contributed by atoms with Gasteiger partial charge >= 0.3 is 0 Å². The van der Waals surface area contributed by atoms with Crippen molar-refractivity contribution in [1.82, 2.24) is 0 Å². The van der Waals surface area contributed by atoms with Crippen molar-refractivity contribution in [3.05, 3.63) is 12.2 Å². The molecule has 0 N–H and O–H groups in total. The molecule has 0 nitrogen and oxygen atoms in total. The third-order valence-corrected chi connectivity index (χ3v) is 4.12. The first kappa shape index (κ1) is 19.7. The zero-order chi connectivity index (χ0) is 14.7. The maximum absolute atomic E-state index is 2.41.